The summed E-state index contributed by atoms with van der Waals surface area (Å²) in [4.78, 5) is 192. The molecule has 9 amide bonds. The lowest BCUT2D eigenvalue weighted by atomic mass is 10.0. The Morgan fingerprint density at radius 3 is 1.14 bits per heavy atom. The molecule has 0 bridgehead atoms. The van der Waals surface area contributed by atoms with Gasteiger partial charge >= 0.3 is 35.8 Å². The molecule has 1 unspecified atom stereocenters. The number of hydrogen-bond donors (Lipinski definition) is 19. The Balaban J connectivity index is 2.47. The maximum Gasteiger partial charge on any atom is 0.326 e. The van der Waals surface area contributed by atoms with E-state index in [0.717, 1.165) is 0 Å². The maximum absolute atomic E-state index is 14.2. The molecule has 9 atom stereocenters. The van der Waals surface area contributed by atoms with Crippen LogP contribution in [0.25, 0.3) is 0 Å². The molecule has 33 nitrogen and oxygen atoms in total. The Kier molecular flexibility index (Phi) is 30.5. The molecule has 0 heterocycles. The molecule has 0 aliphatic rings. The number of aromatic hydroxyl groups is 2. The normalized spacial score (nSPS) is 14.0. The van der Waals surface area contributed by atoms with Gasteiger partial charge in [0.2, 0.25) is 53.2 Å². The zero-order chi connectivity index (χ0) is 65.0. The largest absolute Gasteiger partial charge is 0.508 e. The summed E-state index contributed by atoms with van der Waals surface area (Å²) in [5, 5.41) is 96.1. The number of carbonyl (C=O) groups excluding carboxylic acids is 9. The van der Waals surface area contributed by atoms with Gasteiger partial charge in [-0.15, -0.1) is 0 Å². The molecule has 0 saturated carbocycles. The third-order valence-electron chi connectivity index (χ3n) is 12.2. The number of phenolic OH excluding ortho intramolecular Hbond substituents is 2. The fraction of sp³-hybridized carbons (Fsp3) is 0.481. The van der Waals surface area contributed by atoms with Crippen molar-refractivity contribution in [2.45, 2.75) is 139 Å². The number of hydrogen-bond acceptors (Lipinski definition) is 19. The van der Waals surface area contributed by atoms with Crippen molar-refractivity contribution >= 4 is 102 Å². The van der Waals surface area contributed by atoms with E-state index < -0.39 is 220 Å². The highest BCUT2D eigenvalue weighted by Gasteiger charge is 2.35. The molecule has 0 aliphatic carbocycles. The van der Waals surface area contributed by atoms with Gasteiger partial charge in [-0.2, -0.15) is 12.6 Å². The summed E-state index contributed by atoms with van der Waals surface area (Å²) >= 11 is 4.11. The van der Waals surface area contributed by atoms with E-state index in [-0.39, 0.29) is 35.0 Å². The van der Waals surface area contributed by atoms with Crippen LogP contribution in [0.3, 0.4) is 0 Å². The van der Waals surface area contributed by atoms with Crippen LogP contribution in [0.2, 0.25) is 0 Å². The molecule has 2 aromatic carbocycles. The van der Waals surface area contributed by atoms with Crippen molar-refractivity contribution in [1.82, 2.24) is 47.9 Å². The van der Waals surface area contributed by atoms with Crippen LogP contribution < -0.4 is 53.6 Å². The monoisotopic (exact) mass is 1230 g/mol. The highest BCUT2D eigenvalue weighted by atomic mass is 32.1. The van der Waals surface area contributed by atoms with Gasteiger partial charge in [-0.25, -0.2) is 4.79 Å². The summed E-state index contributed by atoms with van der Waals surface area (Å²) in [6, 6.07) is -5.27. The minimum Gasteiger partial charge on any atom is -0.508 e. The van der Waals surface area contributed by atoms with Crippen molar-refractivity contribution in [2.75, 3.05) is 12.3 Å². The smallest absolute Gasteiger partial charge is 0.326 e. The summed E-state index contributed by atoms with van der Waals surface area (Å²) in [7, 11) is 0. The molecular weight excluding hydrogens is 1160 g/mol. The maximum atomic E-state index is 14.2. The fourth-order valence-electron chi connectivity index (χ4n) is 7.77. The lowest BCUT2D eigenvalue weighted by Crippen LogP contribution is -2.60. The number of thiol groups is 1. The molecule has 472 valence electrons. The molecule has 0 aromatic heterocycles. The number of rotatable bonds is 39. The first-order valence-electron chi connectivity index (χ1n) is 26.2. The van der Waals surface area contributed by atoms with Crippen LogP contribution in [-0.4, -0.2) is 197 Å². The standard InChI is InChI=1S/C52H70N10O23S/c1-24(2)17-33(49(81)61-36(52(84)85)21-43(74)75)59-51(83)37(23-86)62-48(80)32(13-16-41(70)71)58-50(82)35(19-26-5-9-28(64)10-6-26)55-38(65)22-54-45(77)34(18-25-3-7-27(63)8-4-25)60-47(79)31(12-15-40(68)69)57-46(78)30(11-14-39(66)67)56-44(76)29(53)20-42(72)73/h3-10,24,29-37,63-64,86H,11-23,53H2,1-2H3,(H,54,77)(H,55,65)(H,56,76)(H,57,78)(H,58,82)(H,59,83)(H,60,79)(H,61,81)(H,62,80)(H,66,67)(H,68,69)(H,70,71)(H,72,73)(H,74,75)(H,84,85)/t29-,30-,31?,32-,33-,34-,35-,36-,37-/m0/s1. The van der Waals surface area contributed by atoms with Gasteiger partial charge in [0.15, 0.2) is 0 Å². The zero-order valence-electron chi connectivity index (χ0n) is 46.3. The van der Waals surface area contributed by atoms with E-state index in [2.05, 4.69) is 55.2 Å². The second kappa shape index (κ2) is 36.2. The van der Waals surface area contributed by atoms with E-state index in [9.17, 15) is 103 Å². The van der Waals surface area contributed by atoms with Crippen molar-refractivity contribution in [3.05, 3.63) is 59.7 Å². The Morgan fingerprint density at radius 1 is 0.419 bits per heavy atom. The Bertz CT molecular complexity index is 2790. The molecule has 0 spiro atoms. The first kappa shape index (κ1) is 72.5. The van der Waals surface area contributed by atoms with Gasteiger partial charge < -0.3 is 94.4 Å². The van der Waals surface area contributed by atoms with E-state index in [1.807, 2.05) is 5.32 Å². The summed E-state index contributed by atoms with van der Waals surface area (Å²) in [6.45, 7) is 2.30. The molecule has 0 radical (unpaired) electrons. The topological polar surface area (TPSA) is 552 Å². The minimum atomic E-state index is -1.89. The van der Waals surface area contributed by atoms with Gasteiger partial charge in [-0.3, -0.25) is 67.1 Å². The van der Waals surface area contributed by atoms with Crippen LogP contribution in [0.15, 0.2) is 48.5 Å². The van der Waals surface area contributed by atoms with E-state index in [4.69, 9.17) is 15.9 Å². The molecule has 0 fully saturated rings. The van der Waals surface area contributed by atoms with Gasteiger partial charge in [0, 0.05) is 37.9 Å². The van der Waals surface area contributed by atoms with Crippen LogP contribution in [0, 0.1) is 5.92 Å². The van der Waals surface area contributed by atoms with E-state index in [1.165, 1.54) is 48.5 Å². The van der Waals surface area contributed by atoms with Gasteiger partial charge in [0.25, 0.3) is 0 Å². The number of nitrogens with one attached hydrogen (secondary N) is 9. The third kappa shape index (κ3) is 27.7. The Hall–Kier alpha value is -9.60. The highest BCUT2D eigenvalue weighted by Crippen LogP contribution is 2.15. The number of amides is 9. The number of phenols is 2. The number of carboxylic acid groups (broad SMARTS) is 6. The summed E-state index contributed by atoms with van der Waals surface area (Å²) < 4.78 is 0. The molecule has 34 heteroatoms. The molecule has 19 N–H and O–H groups in total. The first-order chi connectivity index (χ1) is 40.3. The number of carboxylic acids is 6. The fourth-order valence-corrected chi connectivity index (χ4v) is 8.02. The van der Waals surface area contributed by atoms with Crippen molar-refractivity contribution in [1.29, 1.82) is 0 Å². The predicted molar refractivity (Wildman–Crippen MR) is 296 cm³/mol. The summed E-state index contributed by atoms with van der Waals surface area (Å²) in [5.74, 6) is -20.7. The molecule has 2 aromatic rings. The lowest BCUT2D eigenvalue weighted by Gasteiger charge is -2.27. The first-order valence-corrected chi connectivity index (χ1v) is 26.9. The molecule has 0 aliphatic heterocycles. The molecule has 86 heavy (non-hydrogen) atoms. The average Bonchev–Trinajstić information content (AvgIpc) is 3.05. The van der Waals surface area contributed by atoms with E-state index in [1.54, 1.807) is 13.8 Å². The van der Waals surface area contributed by atoms with E-state index >= 15 is 0 Å². The van der Waals surface area contributed by atoms with Gasteiger partial charge in [-0.05, 0) is 67.0 Å². The summed E-state index contributed by atoms with van der Waals surface area (Å²) in [5.41, 5.74) is 6.15. The summed E-state index contributed by atoms with van der Waals surface area (Å²) in [6.07, 6.45) is -7.11. The second-order valence-electron chi connectivity index (χ2n) is 19.8. The van der Waals surface area contributed by atoms with Crippen molar-refractivity contribution < 1.29 is 113 Å². The van der Waals surface area contributed by atoms with Crippen LogP contribution >= 0.6 is 12.6 Å². The van der Waals surface area contributed by atoms with Gasteiger partial charge in [0.1, 0.15) is 59.8 Å². The Labute approximate surface area is 494 Å². The van der Waals surface area contributed by atoms with Crippen LogP contribution in [0.1, 0.15) is 82.8 Å². The van der Waals surface area contributed by atoms with Crippen molar-refractivity contribution in [3.63, 3.8) is 0 Å². The average molecular weight is 1240 g/mol. The molecular formula is C52H70N10O23S. The van der Waals surface area contributed by atoms with Crippen molar-refractivity contribution in [2.24, 2.45) is 11.7 Å². The van der Waals surface area contributed by atoms with Crippen LogP contribution in [0.4, 0.5) is 0 Å². The minimum absolute atomic E-state index is 0.115. The van der Waals surface area contributed by atoms with Gasteiger partial charge in [0.05, 0.1) is 25.4 Å². The number of carbonyl (C=O) groups is 15. The second-order valence-corrected chi connectivity index (χ2v) is 20.1. The van der Waals surface area contributed by atoms with E-state index in [0.29, 0.717) is 0 Å². The number of nitrogens with two attached hydrogens (primary N) is 1. The van der Waals surface area contributed by atoms with Crippen LogP contribution in [-0.2, 0) is 84.8 Å². The quantitative estimate of drug-likeness (QED) is 0.0282. The molecule has 0 saturated heterocycles. The van der Waals surface area contributed by atoms with Crippen LogP contribution in [0.5, 0.6) is 11.5 Å². The Morgan fingerprint density at radius 2 is 0.756 bits per heavy atom. The highest BCUT2D eigenvalue weighted by molar-refractivity contribution is 7.80. The molecule has 2 rings (SSSR count). The SMILES string of the molecule is CC(C)C[C@H](NC(=O)[C@H](CS)NC(=O)[C@H](CCC(=O)O)NC(=O)[C@H](Cc1ccc(O)cc1)NC(=O)CNC(=O)[C@H](Cc1ccc(O)cc1)NC(=O)C(CCC(=O)O)NC(=O)[C@H](CCC(=O)O)NC(=O)[C@@H](N)CC(=O)O)C(=O)N[C@@H](CC(=O)O)C(=O)O. The zero-order valence-corrected chi connectivity index (χ0v) is 47.2. The number of aliphatic carboxylic acids is 6. The van der Waals surface area contributed by atoms with Gasteiger partial charge in [-0.1, -0.05) is 38.1 Å². The third-order valence-corrected chi connectivity index (χ3v) is 12.5. The predicted octanol–water partition coefficient (Wildman–Crippen LogP) is -4.19. The lowest BCUT2D eigenvalue weighted by molar-refractivity contribution is -0.147. The number of benzene rings is 2. The van der Waals surface area contributed by atoms with Crippen molar-refractivity contribution in [3.8, 4) is 11.5 Å².